The first-order valence-corrected chi connectivity index (χ1v) is 8.55. The second-order valence-electron chi connectivity index (χ2n) is 4.80. The minimum Gasteiger partial charge on any atom is -0.299 e. The number of carbonyl (C=O) groups is 2. The summed E-state index contributed by atoms with van der Waals surface area (Å²) in [7, 11) is 0. The number of benzene rings is 1. The zero-order valence-electron chi connectivity index (χ0n) is 12.5. The number of nitrogens with zero attached hydrogens (tertiary/aromatic N) is 2. The lowest BCUT2D eigenvalue weighted by atomic mass is 10.2. The quantitative estimate of drug-likeness (QED) is 0.619. The number of hydrogen-bond donors (Lipinski definition) is 2. The number of amidine groups is 1. The molecule has 0 atom stereocenters. The van der Waals surface area contributed by atoms with E-state index in [-0.39, 0.29) is 11.1 Å². The van der Waals surface area contributed by atoms with Crippen LogP contribution in [-0.2, 0) is 4.79 Å². The van der Waals surface area contributed by atoms with Crippen LogP contribution in [0.4, 0.5) is 0 Å². The van der Waals surface area contributed by atoms with Crippen molar-refractivity contribution in [1.29, 1.82) is 0 Å². The number of hydrazone groups is 1. The first kappa shape index (κ1) is 17.5. The Labute approximate surface area is 157 Å². The highest BCUT2D eigenvalue weighted by molar-refractivity contribution is 8.18. The molecule has 2 aromatic rings. The maximum atomic E-state index is 12.0. The number of pyridine rings is 1. The molecule has 1 aliphatic heterocycles. The van der Waals surface area contributed by atoms with Crippen molar-refractivity contribution >= 4 is 58.0 Å². The predicted octanol–water partition coefficient (Wildman–Crippen LogP) is 3.29. The van der Waals surface area contributed by atoms with Crippen LogP contribution in [0.15, 0.2) is 52.7 Å². The lowest BCUT2D eigenvalue weighted by molar-refractivity contribution is -0.115. The van der Waals surface area contributed by atoms with Gasteiger partial charge in [0.25, 0.3) is 11.8 Å². The number of hydrogen-bond acceptors (Lipinski definition) is 5. The minimum atomic E-state index is -0.403. The maximum absolute atomic E-state index is 12.0. The van der Waals surface area contributed by atoms with Crippen molar-refractivity contribution < 1.29 is 9.59 Å². The Morgan fingerprint density at radius 1 is 1.24 bits per heavy atom. The molecule has 0 bridgehead atoms. The Bertz CT molecular complexity index is 900. The van der Waals surface area contributed by atoms with E-state index in [0.29, 0.717) is 26.1 Å². The third kappa shape index (κ3) is 4.19. The topological polar surface area (TPSA) is 83.5 Å². The van der Waals surface area contributed by atoms with Crippen molar-refractivity contribution in [1.82, 2.24) is 15.7 Å². The van der Waals surface area contributed by atoms with Gasteiger partial charge in [-0.2, -0.15) is 0 Å². The second-order valence-corrected chi connectivity index (χ2v) is 6.62. The molecule has 0 radical (unpaired) electrons. The average molecular weight is 393 g/mol. The summed E-state index contributed by atoms with van der Waals surface area (Å²) in [5.74, 6) is -0.738. The van der Waals surface area contributed by atoms with E-state index in [0.717, 1.165) is 11.8 Å². The fourth-order valence-corrected chi connectivity index (χ4v) is 3.06. The van der Waals surface area contributed by atoms with Crippen LogP contribution in [-0.4, -0.2) is 22.0 Å². The fraction of sp³-hybridized carbons (Fsp3) is 0. The summed E-state index contributed by atoms with van der Waals surface area (Å²) in [6.07, 6.45) is 4.62. The van der Waals surface area contributed by atoms with E-state index in [4.69, 9.17) is 23.2 Å². The average Bonchev–Trinajstić information content (AvgIpc) is 2.97. The molecule has 6 nitrogen and oxygen atoms in total. The van der Waals surface area contributed by atoms with Gasteiger partial charge in [0.15, 0.2) is 5.17 Å². The zero-order valence-corrected chi connectivity index (χ0v) is 14.8. The first-order valence-electron chi connectivity index (χ1n) is 6.97. The number of thioether (sulfide) groups is 1. The van der Waals surface area contributed by atoms with Gasteiger partial charge in [0.05, 0.1) is 15.0 Å². The number of amides is 2. The van der Waals surface area contributed by atoms with Crippen molar-refractivity contribution in [3.05, 3.63) is 68.8 Å². The third-order valence-electron chi connectivity index (χ3n) is 3.12. The highest BCUT2D eigenvalue weighted by Crippen LogP contribution is 2.31. The lowest BCUT2D eigenvalue weighted by Gasteiger charge is -2.00. The Morgan fingerprint density at radius 3 is 2.76 bits per heavy atom. The number of rotatable bonds is 3. The summed E-state index contributed by atoms with van der Waals surface area (Å²) < 4.78 is 0. The van der Waals surface area contributed by atoms with Gasteiger partial charge in [0.1, 0.15) is 0 Å². The van der Waals surface area contributed by atoms with Gasteiger partial charge in [-0.1, -0.05) is 35.3 Å². The smallest absolute Gasteiger partial charge is 0.271 e. The van der Waals surface area contributed by atoms with Crippen molar-refractivity contribution in [2.45, 2.75) is 0 Å². The summed E-state index contributed by atoms with van der Waals surface area (Å²) in [4.78, 5) is 28.2. The molecule has 2 heterocycles. The SMILES string of the molecule is O=C1N/C(=N/NC(=O)c2ccncc2)S/C1=C\c1cccc(Cl)c1Cl. The Hall–Kier alpha value is -2.35. The Morgan fingerprint density at radius 2 is 2.00 bits per heavy atom. The highest BCUT2D eigenvalue weighted by atomic mass is 35.5. The molecule has 1 aliphatic rings. The van der Waals surface area contributed by atoms with Crippen LogP contribution in [0.5, 0.6) is 0 Å². The number of aromatic nitrogens is 1. The van der Waals surface area contributed by atoms with Gasteiger partial charge in [0, 0.05) is 18.0 Å². The molecular weight excluding hydrogens is 383 g/mol. The summed E-state index contributed by atoms with van der Waals surface area (Å²) in [6, 6.07) is 8.26. The molecule has 1 aromatic heterocycles. The van der Waals surface area contributed by atoms with Crippen LogP contribution in [0, 0.1) is 0 Å². The second kappa shape index (κ2) is 7.69. The first-order chi connectivity index (χ1) is 12.0. The third-order valence-corrected chi connectivity index (χ3v) is 4.86. The molecule has 2 amide bonds. The maximum Gasteiger partial charge on any atom is 0.271 e. The molecule has 3 rings (SSSR count). The Kier molecular flexibility index (Phi) is 5.37. The van der Waals surface area contributed by atoms with Crippen LogP contribution >= 0.6 is 35.0 Å². The van der Waals surface area contributed by atoms with Gasteiger partial charge in [-0.15, -0.1) is 5.10 Å². The number of carbonyl (C=O) groups excluding carboxylic acids is 2. The molecule has 2 N–H and O–H groups in total. The van der Waals surface area contributed by atoms with Crippen LogP contribution in [0.25, 0.3) is 6.08 Å². The van der Waals surface area contributed by atoms with Gasteiger partial charge < -0.3 is 0 Å². The van der Waals surface area contributed by atoms with E-state index in [2.05, 4.69) is 20.8 Å². The summed E-state index contributed by atoms with van der Waals surface area (Å²) in [5.41, 5.74) is 3.41. The van der Waals surface area contributed by atoms with Crippen LogP contribution in [0.1, 0.15) is 15.9 Å². The van der Waals surface area contributed by atoms with E-state index in [1.807, 2.05) is 0 Å². The lowest BCUT2D eigenvalue weighted by Crippen LogP contribution is -2.25. The van der Waals surface area contributed by atoms with Gasteiger partial charge >= 0.3 is 0 Å². The van der Waals surface area contributed by atoms with E-state index >= 15 is 0 Å². The van der Waals surface area contributed by atoms with Crippen LogP contribution < -0.4 is 10.7 Å². The number of nitrogens with one attached hydrogen (secondary N) is 2. The van der Waals surface area contributed by atoms with Gasteiger partial charge in [-0.25, -0.2) is 5.43 Å². The summed E-state index contributed by atoms with van der Waals surface area (Å²) in [6.45, 7) is 0. The minimum absolute atomic E-state index is 0.261. The highest BCUT2D eigenvalue weighted by Gasteiger charge is 2.24. The molecule has 126 valence electrons. The van der Waals surface area contributed by atoms with Crippen LogP contribution in [0.3, 0.4) is 0 Å². The van der Waals surface area contributed by atoms with Gasteiger partial charge in [-0.05, 0) is 41.6 Å². The van der Waals surface area contributed by atoms with Crippen molar-refractivity contribution in [2.75, 3.05) is 0 Å². The number of halogens is 2. The van der Waals surface area contributed by atoms with Crippen molar-refractivity contribution in [3.8, 4) is 0 Å². The Balaban J connectivity index is 1.73. The molecule has 9 heteroatoms. The van der Waals surface area contributed by atoms with E-state index < -0.39 is 5.91 Å². The summed E-state index contributed by atoms with van der Waals surface area (Å²) in [5, 5.41) is 7.50. The summed E-state index contributed by atoms with van der Waals surface area (Å²) >= 11 is 13.2. The fourth-order valence-electron chi connectivity index (χ4n) is 1.92. The molecule has 0 unspecified atom stereocenters. The van der Waals surface area contributed by atoms with Crippen molar-refractivity contribution in [3.63, 3.8) is 0 Å². The monoisotopic (exact) mass is 392 g/mol. The predicted molar refractivity (Wildman–Crippen MR) is 99.3 cm³/mol. The van der Waals surface area contributed by atoms with Gasteiger partial charge in [-0.3, -0.25) is 19.9 Å². The molecule has 0 saturated carbocycles. The molecule has 1 saturated heterocycles. The van der Waals surface area contributed by atoms with Crippen LogP contribution in [0.2, 0.25) is 10.0 Å². The van der Waals surface area contributed by atoms with E-state index in [1.165, 1.54) is 12.4 Å². The molecule has 1 fully saturated rings. The van der Waals surface area contributed by atoms with E-state index in [1.54, 1.807) is 36.4 Å². The molecule has 0 aliphatic carbocycles. The van der Waals surface area contributed by atoms with E-state index in [9.17, 15) is 9.59 Å². The van der Waals surface area contributed by atoms with Crippen molar-refractivity contribution in [2.24, 2.45) is 5.10 Å². The zero-order chi connectivity index (χ0) is 17.8. The molecule has 0 spiro atoms. The largest absolute Gasteiger partial charge is 0.299 e. The normalized spacial score (nSPS) is 17.0. The standard InChI is InChI=1S/C16H10Cl2N4O2S/c17-11-3-1-2-10(13(11)18)8-12-15(24)20-16(25-12)22-21-14(23)9-4-6-19-7-5-9/h1-8H,(H,21,23)(H,20,22,24)/b12-8-. The van der Waals surface area contributed by atoms with Gasteiger partial charge in [0.2, 0.25) is 0 Å². The molecular formula is C16H10Cl2N4O2S. The molecule has 1 aromatic carbocycles. The molecule has 25 heavy (non-hydrogen) atoms.